The van der Waals surface area contributed by atoms with Crippen LogP contribution < -0.4 is 16.4 Å². The van der Waals surface area contributed by atoms with Gasteiger partial charge in [0.05, 0.1) is 0 Å². The average Bonchev–Trinajstić information content (AvgIpc) is 2.72. The first-order chi connectivity index (χ1) is 15.0. The van der Waals surface area contributed by atoms with Crippen LogP contribution in [-0.2, 0) is 28.8 Å². The van der Waals surface area contributed by atoms with E-state index in [4.69, 9.17) is 21.9 Å². The normalized spacial score (nSPS) is 12.7. The second kappa shape index (κ2) is 14.8. The minimum absolute atomic E-state index is 0.238. The molecule has 0 aliphatic carbocycles. The first-order valence-electron chi connectivity index (χ1n) is 9.23. The molecule has 0 radical (unpaired) electrons. The third kappa shape index (κ3) is 11.8. The number of carbonyl (C=O) groups excluding carboxylic acids is 4. The van der Waals surface area contributed by atoms with Crippen molar-refractivity contribution >= 4 is 47.7 Å². The monoisotopic (exact) mass is 453 g/mol. The summed E-state index contributed by atoms with van der Waals surface area (Å²) < 4.78 is 0. The van der Waals surface area contributed by atoms with Crippen LogP contribution in [0.4, 0.5) is 0 Å². The van der Waals surface area contributed by atoms with Gasteiger partial charge in [0.2, 0.25) is 23.4 Å². The lowest BCUT2D eigenvalue weighted by atomic mass is 10.0. The molecule has 2 amide bonds. The highest BCUT2D eigenvalue weighted by molar-refractivity contribution is 6.25. The Kier molecular flexibility index (Phi) is 13.0. The molecule has 0 aromatic rings. The molecule has 0 spiro atoms. The van der Waals surface area contributed by atoms with E-state index in [-0.39, 0.29) is 38.5 Å². The molecule has 0 aliphatic heterocycles. The van der Waals surface area contributed by atoms with Crippen LogP contribution in [0, 0.1) is 0 Å². The number of rotatable bonds is 16. The van der Waals surface area contributed by atoms with Crippen LogP contribution in [0.1, 0.15) is 38.5 Å². The second-order valence-corrected chi connectivity index (χ2v) is 6.50. The Bertz CT molecular complexity index is 846. The number of amides is 2. The number of nitrogens with two attached hydrogens (primary N) is 1. The van der Waals surface area contributed by atoms with Gasteiger partial charge < -0.3 is 37.6 Å². The van der Waals surface area contributed by atoms with Gasteiger partial charge in [0, 0.05) is 19.3 Å². The summed E-state index contributed by atoms with van der Waals surface area (Å²) in [4.78, 5) is 74.6. The number of carbonyl (C=O) groups is 6. The van der Waals surface area contributed by atoms with Crippen LogP contribution in [-0.4, -0.2) is 85.7 Å². The first-order valence-corrected chi connectivity index (χ1v) is 9.23. The molecule has 0 saturated carbocycles. The van der Waals surface area contributed by atoms with Crippen molar-refractivity contribution < 1.29 is 48.6 Å². The van der Waals surface area contributed by atoms with Gasteiger partial charge in [0.25, 0.3) is 0 Å². The zero-order chi connectivity index (χ0) is 24.7. The van der Waals surface area contributed by atoms with Gasteiger partial charge in [0.1, 0.15) is 18.1 Å². The summed E-state index contributed by atoms with van der Waals surface area (Å²) in [6, 6.07) is -4.24. The molecular weight excluding hydrogens is 430 g/mol. The predicted octanol–water partition coefficient (Wildman–Crippen LogP) is -2.47. The van der Waals surface area contributed by atoms with E-state index in [0.717, 1.165) is 0 Å². The highest BCUT2D eigenvalue weighted by Crippen LogP contribution is 2.05. The molecule has 0 aromatic carbocycles. The van der Waals surface area contributed by atoms with Gasteiger partial charge in [-0.15, -0.1) is 0 Å². The lowest BCUT2D eigenvalue weighted by Crippen LogP contribution is -2.52. The summed E-state index contributed by atoms with van der Waals surface area (Å²) >= 11 is 0. The highest BCUT2D eigenvalue weighted by atomic mass is 16.4. The Morgan fingerprint density at radius 3 is 1.72 bits per heavy atom. The average molecular weight is 453 g/mol. The van der Waals surface area contributed by atoms with Gasteiger partial charge in [-0.05, 0) is 19.3 Å². The van der Waals surface area contributed by atoms with Crippen molar-refractivity contribution in [2.45, 2.75) is 56.7 Å². The fourth-order valence-electron chi connectivity index (χ4n) is 2.31. The summed E-state index contributed by atoms with van der Waals surface area (Å²) in [7, 11) is 0. The van der Waals surface area contributed by atoms with Crippen LogP contribution >= 0.6 is 0 Å². The molecule has 0 saturated heterocycles. The molecule has 174 valence electrons. The van der Waals surface area contributed by atoms with Crippen molar-refractivity contribution in [3.8, 4) is 0 Å². The molecular formula is C17H23N7O8. The summed E-state index contributed by atoms with van der Waals surface area (Å²) in [5, 5.41) is 22.4. The number of ketones is 2. The predicted molar refractivity (Wildman–Crippen MR) is 104 cm³/mol. The number of carboxylic acids is 2. The number of Topliss-reactive ketones (excluding diaryl/α,β-unsaturated/α-hetero) is 2. The van der Waals surface area contributed by atoms with E-state index < -0.39 is 53.4 Å². The maximum atomic E-state index is 12.5. The molecule has 3 atom stereocenters. The van der Waals surface area contributed by atoms with Crippen molar-refractivity contribution in [2.24, 2.45) is 5.73 Å². The van der Waals surface area contributed by atoms with Crippen molar-refractivity contribution in [2.75, 3.05) is 0 Å². The number of aliphatic carboxylic acids is 2. The largest absolute Gasteiger partial charge is 0.480 e. The zero-order valence-corrected chi connectivity index (χ0v) is 16.8. The Hall–Kier alpha value is -4.06. The van der Waals surface area contributed by atoms with Gasteiger partial charge in [-0.1, -0.05) is 0 Å². The van der Waals surface area contributed by atoms with Crippen LogP contribution in [0.15, 0.2) is 0 Å². The third-order valence-corrected chi connectivity index (χ3v) is 4.03. The van der Waals surface area contributed by atoms with Gasteiger partial charge in [-0.3, -0.25) is 24.0 Å². The van der Waals surface area contributed by atoms with Gasteiger partial charge in [-0.25, -0.2) is 4.79 Å². The number of nitrogens with one attached hydrogen (secondary N) is 2. The highest BCUT2D eigenvalue weighted by Gasteiger charge is 2.28. The minimum atomic E-state index is -1.53. The molecule has 0 aliphatic rings. The van der Waals surface area contributed by atoms with Crippen LogP contribution in [0.25, 0.3) is 11.1 Å². The molecule has 0 heterocycles. The Morgan fingerprint density at radius 2 is 1.28 bits per heavy atom. The van der Waals surface area contributed by atoms with Crippen molar-refractivity contribution in [1.82, 2.24) is 10.6 Å². The van der Waals surface area contributed by atoms with Crippen molar-refractivity contribution in [1.29, 1.82) is 0 Å². The van der Waals surface area contributed by atoms with E-state index in [1.54, 1.807) is 0 Å². The number of carboxylic acid groups (broad SMARTS) is 2. The van der Waals surface area contributed by atoms with E-state index in [0.29, 0.717) is 12.4 Å². The van der Waals surface area contributed by atoms with Gasteiger partial charge in [-0.2, -0.15) is 9.58 Å². The smallest absolute Gasteiger partial charge is 0.326 e. The lowest BCUT2D eigenvalue weighted by Gasteiger charge is -2.21. The van der Waals surface area contributed by atoms with E-state index >= 15 is 0 Å². The lowest BCUT2D eigenvalue weighted by molar-refractivity contribution is -0.142. The molecule has 0 bridgehead atoms. The molecule has 32 heavy (non-hydrogen) atoms. The topological polar surface area (TPSA) is 266 Å². The standard InChI is InChI=1S/C17H23N7O8/c18-11(16(29)30)3-6-14(27)23-12(4-1-9(25)7-21-19)15(28)24-13(17(31)32)5-2-10(26)8-22-20/h7-8,11-13H,1-6,18H2,(H,23,27)(H,24,28)(H,29,30)(H,31,32)/t11-,12-,13-/m0/s1. The van der Waals surface area contributed by atoms with E-state index in [9.17, 15) is 33.9 Å². The number of hydrogen-bond acceptors (Lipinski definition) is 7. The number of nitrogens with zero attached hydrogens (tertiary/aromatic N) is 4. The van der Waals surface area contributed by atoms with Gasteiger partial charge in [0.15, 0.2) is 0 Å². The second-order valence-electron chi connectivity index (χ2n) is 6.50. The fourth-order valence-corrected chi connectivity index (χ4v) is 2.31. The molecule has 0 unspecified atom stereocenters. The maximum Gasteiger partial charge on any atom is 0.326 e. The van der Waals surface area contributed by atoms with Gasteiger partial charge >= 0.3 is 24.4 Å². The van der Waals surface area contributed by atoms with E-state index in [1.807, 2.05) is 0 Å². The summed E-state index contributed by atoms with van der Waals surface area (Å²) in [6.07, 6.45) is -0.807. The van der Waals surface area contributed by atoms with Crippen LogP contribution in [0.5, 0.6) is 0 Å². The molecule has 0 fully saturated rings. The Balaban J connectivity index is 5.25. The summed E-state index contributed by atoms with van der Waals surface area (Å²) in [6.45, 7) is 0. The molecule has 15 heteroatoms. The fraction of sp³-hybridized carbons (Fsp3) is 0.529. The molecule has 0 rings (SSSR count). The Morgan fingerprint density at radius 1 is 0.781 bits per heavy atom. The summed E-state index contributed by atoms with van der Waals surface area (Å²) in [5.41, 5.74) is 22.0. The molecule has 15 nitrogen and oxygen atoms in total. The van der Waals surface area contributed by atoms with Crippen molar-refractivity contribution in [3.05, 3.63) is 11.1 Å². The van der Waals surface area contributed by atoms with Crippen LogP contribution in [0.3, 0.4) is 0 Å². The summed E-state index contributed by atoms with van der Waals surface area (Å²) in [5.74, 6) is -5.94. The Labute approximate surface area is 181 Å². The first kappa shape index (κ1) is 27.9. The minimum Gasteiger partial charge on any atom is -0.480 e. The van der Waals surface area contributed by atoms with E-state index in [2.05, 4.69) is 20.2 Å². The molecule has 6 N–H and O–H groups in total. The SMILES string of the molecule is [N-]=[N+]=CC(=O)CC[C@H](NC(=O)[C@H](CCC(=O)C=[N+]=[N-])NC(=O)CC[C@H](N)C(=O)O)C(=O)O. The zero-order valence-electron chi connectivity index (χ0n) is 16.8. The van der Waals surface area contributed by atoms with Crippen LogP contribution in [0.2, 0.25) is 0 Å². The maximum absolute atomic E-state index is 12.5. The quantitative estimate of drug-likeness (QED) is 0.0939. The molecule has 0 aromatic heterocycles. The third-order valence-electron chi connectivity index (χ3n) is 4.03. The van der Waals surface area contributed by atoms with E-state index in [1.165, 1.54) is 0 Å². The number of hydrogen-bond donors (Lipinski definition) is 5. The van der Waals surface area contributed by atoms with Crippen molar-refractivity contribution in [3.63, 3.8) is 0 Å².